The molecule has 0 heterocycles. The van der Waals surface area contributed by atoms with Crippen molar-refractivity contribution in [2.75, 3.05) is 0 Å². The van der Waals surface area contributed by atoms with E-state index in [0.717, 1.165) is 51.4 Å². The van der Waals surface area contributed by atoms with Crippen LogP contribution in [0.1, 0.15) is 155 Å². The number of rotatable bonds is 26. The Morgan fingerprint density at radius 2 is 0.865 bits per heavy atom. The molecular weight excluding hydrogens is 503 g/mol. The molecule has 3 N–H and O–H groups in total. The predicted molar refractivity (Wildman–Crippen MR) is 153 cm³/mol. The summed E-state index contributed by atoms with van der Waals surface area (Å²) in [5.74, 6) is -3.24. The van der Waals surface area contributed by atoms with E-state index in [1.54, 1.807) is 0 Å². The van der Waals surface area contributed by atoms with Crippen LogP contribution < -0.4 is 0 Å². The molecule has 0 aromatic rings. The number of aliphatic carboxylic acids is 2. The molecule has 0 aromatic carbocycles. The van der Waals surface area contributed by atoms with Crippen molar-refractivity contribution in [2.24, 2.45) is 5.41 Å². The van der Waals surface area contributed by atoms with Crippen molar-refractivity contribution in [3.63, 3.8) is 0 Å². The molecule has 0 aliphatic rings. The zero-order chi connectivity index (χ0) is 27.3. The standard InChI is InChI=1S/C28H54O7S.Na.H/c1-3-5-7-9-11-13-15-17-19-21-23-28(27(31)32,25(26(29)30)36(33,34)35)24-22-20-18-16-14-12-10-8-6-4-2;;/h25H,3-24H2,1-2H3,(H,29,30)(H,31,32)(H,33,34,35);;. The van der Waals surface area contributed by atoms with Crippen molar-refractivity contribution >= 4 is 51.6 Å². The van der Waals surface area contributed by atoms with Crippen LogP contribution in [0, 0.1) is 5.41 Å². The van der Waals surface area contributed by atoms with E-state index in [9.17, 15) is 32.8 Å². The second-order valence-corrected chi connectivity index (χ2v) is 12.1. The zero-order valence-corrected chi connectivity index (χ0v) is 23.8. The molecule has 0 aliphatic carbocycles. The van der Waals surface area contributed by atoms with Crippen LogP contribution in [0.25, 0.3) is 0 Å². The van der Waals surface area contributed by atoms with Crippen LogP contribution >= 0.6 is 0 Å². The topological polar surface area (TPSA) is 129 Å². The SMILES string of the molecule is CCCCCCCCCCCCC(CCCCCCCCCCCC)(C(=O)O)C(C(=O)O)S(=O)(=O)O.[NaH]. The maximum atomic E-state index is 12.4. The fourth-order valence-electron chi connectivity index (χ4n) is 5.22. The van der Waals surface area contributed by atoms with Gasteiger partial charge in [-0.05, 0) is 12.8 Å². The van der Waals surface area contributed by atoms with Crippen LogP contribution in [0.3, 0.4) is 0 Å². The first kappa shape index (κ1) is 39.0. The summed E-state index contributed by atoms with van der Waals surface area (Å²) in [7, 11) is -5.07. The van der Waals surface area contributed by atoms with Gasteiger partial charge in [0.05, 0.1) is 5.41 Å². The van der Waals surface area contributed by atoms with Gasteiger partial charge in [0.25, 0.3) is 10.1 Å². The van der Waals surface area contributed by atoms with Gasteiger partial charge in [-0.1, -0.05) is 142 Å². The Morgan fingerprint density at radius 1 is 0.595 bits per heavy atom. The molecule has 37 heavy (non-hydrogen) atoms. The summed E-state index contributed by atoms with van der Waals surface area (Å²) < 4.78 is 33.7. The molecule has 0 fully saturated rings. The Labute approximate surface area is 249 Å². The van der Waals surface area contributed by atoms with Crippen molar-refractivity contribution in [2.45, 2.75) is 160 Å². The number of carboxylic acid groups (broad SMARTS) is 2. The Kier molecular flexibility index (Phi) is 25.0. The summed E-state index contributed by atoms with van der Waals surface area (Å²) in [6.07, 6.45) is 20.6. The van der Waals surface area contributed by atoms with Crippen LogP contribution in [-0.2, 0) is 19.7 Å². The molecule has 0 rings (SSSR count). The molecule has 0 aliphatic heterocycles. The molecule has 7 nitrogen and oxygen atoms in total. The molecule has 9 heteroatoms. The van der Waals surface area contributed by atoms with Gasteiger partial charge >= 0.3 is 41.5 Å². The summed E-state index contributed by atoms with van der Waals surface area (Å²) >= 11 is 0. The minimum absolute atomic E-state index is 0. The molecule has 0 spiro atoms. The third kappa shape index (κ3) is 17.9. The van der Waals surface area contributed by atoms with E-state index in [1.807, 2.05) is 0 Å². The van der Waals surface area contributed by atoms with Gasteiger partial charge in [0.2, 0.25) is 0 Å². The number of carboxylic acids is 2. The van der Waals surface area contributed by atoms with E-state index in [2.05, 4.69) is 13.8 Å². The summed E-state index contributed by atoms with van der Waals surface area (Å²) in [5, 5.41) is 17.3. The quantitative estimate of drug-likeness (QED) is 0.0574. The van der Waals surface area contributed by atoms with Gasteiger partial charge < -0.3 is 10.2 Å². The van der Waals surface area contributed by atoms with Crippen LogP contribution in [0.15, 0.2) is 0 Å². The number of unbranched alkanes of at least 4 members (excludes halogenated alkanes) is 18. The van der Waals surface area contributed by atoms with Gasteiger partial charge in [0.1, 0.15) is 0 Å². The first-order chi connectivity index (χ1) is 17.1. The molecule has 0 aromatic heterocycles. The zero-order valence-electron chi connectivity index (χ0n) is 23.0. The van der Waals surface area contributed by atoms with Crippen molar-refractivity contribution in [1.82, 2.24) is 0 Å². The molecule has 0 bridgehead atoms. The molecule has 0 saturated carbocycles. The fraction of sp³-hybridized carbons (Fsp3) is 0.929. The first-order valence-electron chi connectivity index (χ1n) is 14.6. The molecule has 0 amide bonds. The normalized spacial score (nSPS) is 12.7. The second kappa shape index (κ2) is 23.7. The monoisotopic (exact) mass is 558 g/mol. The van der Waals surface area contributed by atoms with Crippen LogP contribution in [0.5, 0.6) is 0 Å². The Bertz CT molecular complexity index is 658. The Balaban J connectivity index is 0. The van der Waals surface area contributed by atoms with Gasteiger partial charge in [0.15, 0.2) is 5.25 Å². The molecular formula is C28H55NaO7S. The van der Waals surface area contributed by atoms with E-state index in [-0.39, 0.29) is 42.4 Å². The Morgan fingerprint density at radius 3 is 1.08 bits per heavy atom. The number of hydrogen-bond donors (Lipinski definition) is 3. The fourth-order valence-corrected chi connectivity index (χ4v) is 6.38. The minimum atomic E-state index is -5.07. The van der Waals surface area contributed by atoms with Crippen LogP contribution in [0.2, 0.25) is 0 Å². The first-order valence-corrected chi connectivity index (χ1v) is 16.1. The average Bonchev–Trinajstić information content (AvgIpc) is 2.79. The van der Waals surface area contributed by atoms with Gasteiger partial charge in [-0.25, -0.2) is 0 Å². The van der Waals surface area contributed by atoms with Gasteiger partial charge in [-0.2, -0.15) is 8.42 Å². The number of carbonyl (C=O) groups is 2. The van der Waals surface area contributed by atoms with Crippen molar-refractivity contribution < 1.29 is 32.8 Å². The molecule has 1 atom stereocenters. The van der Waals surface area contributed by atoms with Crippen molar-refractivity contribution in [3.05, 3.63) is 0 Å². The van der Waals surface area contributed by atoms with E-state index in [1.165, 1.54) is 64.2 Å². The van der Waals surface area contributed by atoms with E-state index in [0.29, 0.717) is 12.8 Å². The van der Waals surface area contributed by atoms with Crippen LogP contribution in [0.4, 0.5) is 0 Å². The van der Waals surface area contributed by atoms with Crippen molar-refractivity contribution in [1.29, 1.82) is 0 Å². The van der Waals surface area contributed by atoms with E-state index in [4.69, 9.17) is 0 Å². The maximum absolute atomic E-state index is 12.4. The average molecular weight is 559 g/mol. The molecule has 0 radical (unpaired) electrons. The predicted octanol–water partition coefficient (Wildman–Crippen LogP) is 7.37. The summed E-state index contributed by atoms with van der Waals surface area (Å²) in [6, 6.07) is 0. The third-order valence-electron chi connectivity index (χ3n) is 7.40. The van der Waals surface area contributed by atoms with Gasteiger partial charge in [-0.3, -0.25) is 14.1 Å². The third-order valence-corrected chi connectivity index (χ3v) is 8.65. The summed E-state index contributed by atoms with van der Waals surface area (Å²) in [6.45, 7) is 4.37. The second-order valence-electron chi connectivity index (χ2n) is 10.6. The molecule has 0 saturated heterocycles. The molecule has 1 unspecified atom stereocenters. The Hall–Kier alpha value is -0.150. The molecule has 216 valence electrons. The van der Waals surface area contributed by atoms with E-state index < -0.39 is 32.7 Å². The van der Waals surface area contributed by atoms with Crippen LogP contribution in [-0.4, -0.2) is 69.9 Å². The number of hydrogen-bond acceptors (Lipinski definition) is 4. The van der Waals surface area contributed by atoms with Crippen molar-refractivity contribution in [3.8, 4) is 0 Å². The van der Waals surface area contributed by atoms with Gasteiger partial charge in [-0.15, -0.1) is 0 Å². The van der Waals surface area contributed by atoms with Gasteiger partial charge in [0, 0.05) is 0 Å². The van der Waals surface area contributed by atoms with E-state index >= 15 is 0 Å². The summed E-state index contributed by atoms with van der Waals surface area (Å²) in [4.78, 5) is 24.2. The summed E-state index contributed by atoms with van der Waals surface area (Å²) in [5.41, 5.74) is -2.01.